The fraction of sp³-hybridized carbons (Fsp3) is 0.846. The number of nitrogens with zero attached hydrogens (tertiary/aromatic N) is 2. The fourth-order valence-electron chi connectivity index (χ4n) is 2.98. The lowest BCUT2D eigenvalue weighted by molar-refractivity contribution is -0.152. The van der Waals surface area contributed by atoms with Crippen molar-refractivity contribution in [1.82, 2.24) is 15.1 Å². The van der Waals surface area contributed by atoms with Gasteiger partial charge in [-0.2, -0.15) is 0 Å². The molecular weight excluding hydrogens is 230 g/mol. The molecule has 18 heavy (non-hydrogen) atoms. The number of hydrogen-bond acceptors (Lipinski definition) is 3. The number of likely N-dealkylation sites (tertiary alicyclic amines) is 1. The monoisotopic (exact) mass is 253 g/mol. The Morgan fingerprint density at radius 3 is 2.72 bits per heavy atom. The minimum atomic E-state index is -0.384. The number of nitrogens with one attached hydrogen (secondary N) is 1. The maximum absolute atomic E-state index is 12.3. The average molecular weight is 253 g/mol. The van der Waals surface area contributed by atoms with E-state index in [-0.39, 0.29) is 29.9 Å². The smallest absolute Gasteiger partial charge is 0.245 e. The van der Waals surface area contributed by atoms with Crippen molar-refractivity contribution in [1.29, 1.82) is 0 Å². The first-order valence-electron chi connectivity index (χ1n) is 6.89. The zero-order chi connectivity index (χ0) is 13.3. The third-order valence-corrected chi connectivity index (χ3v) is 4.10. The maximum atomic E-state index is 12.3. The van der Waals surface area contributed by atoms with Crippen LogP contribution in [0, 0.1) is 0 Å². The number of piperazine rings is 1. The van der Waals surface area contributed by atoms with Gasteiger partial charge in [-0.15, -0.1) is 0 Å². The minimum Gasteiger partial charge on any atom is -0.343 e. The van der Waals surface area contributed by atoms with Crippen LogP contribution in [0.5, 0.6) is 0 Å². The number of piperidine rings is 1. The van der Waals surface area contributed by atoms with Gasteiger partial charge in [-0.3, -0.25) is 9.59 Å². The summed E-state index contributed by atoms with van der Waals surface area (Å²) in [7, 11) is 0. The van der Waals surface area contributed by atoms with Crippen molar-refractivity contribution in [3.8, 4) is 0 Å². The number of carbonyl (C=O) groups excluding carboxylic acids is 2. The molecule has 0 radical (unpaired) electrons. The quantitative estimate of drug-likeness (QED) is 0.765. The summed E-state index contributed by atoms with van der Waals surface area (Å²) in [5, 5.41) is 2.73. The average Bonchev–Trinajstić information content (AvgIpc) is 2.37. The molecule has 2 saturated heterocycles. The Morgan fingerprint density at radius 2 is 2.06 bits per heavy atom. The summed E-state index contributed by atoms with van der Waals surface area (Å²) < 4.78 is 0. The fourth-order valence-corrected chi connectivity index (χ4v) is 2.98. The maximum Gasteiger partial charge on any atom is 0.245 e. The Kier molecular flexibility index (Phi) is 3.90. The van der Waals surface area contributed by atoms with Gasteiger partial charge >= 0.3 is 0 Å². The van der Waals surface area contributed by atoms with Gasteiger partial charge in [0.25, 0.3) is 0 Å². The van der Waals surface area contributed by atoms with E-state index in [1.807, 2.05) is 11.8 Å². The summed E-state index contributed by atoms with van der Waals surface area (Å²) in [4.78, 5) is 28.3. The van der Waals surface area contributed by atoms with Crippen LogP contribution in [0.4, 0.5) is 0 Å². The number of hydrogen-bond donors (Lipinski definition) is 1. The molecule has 2 aliphatic heterocycles. The first-order chi connectivity index (χ1) is 8.54. The third kappa shape index (κ3) is 2.36. The van der Waals surface area contributed by atoms with Gasteiger partial charge in [0.1, 0.15) is 12.1 Å². The van der Waals surface area contributed by atoms with E-state index in [4.69, 9.17) is 0 Å². The highest BCUT2D eigenvalue weighted by molar-refractivity contribution is 5.96. The van der Waals surface area contributed by atoms with E-state index in [9.17, 15) is 9.59 Å². The summed E-state index contributed by atoms with van der Waals surface area (Å²) in [5.41, 5.74) is 0. The molecule has 2 fully saturated rings. The van der Waals surface area contributed by atoms with Crippen LogP contribution >= 0.6 is 0 Å². The highest BCUT2D eigenvalue weighted by Gasteiger charge is 2.40. The predicted octanol–water partition coefficient (Wildman–Crippen LogP) is 0.206. The lowest BCUT2D eigenvalue weighted by atomic mass is 9.99. The van der Waals surface area contributed by atoms with E-state index in [2.05, 4.69) is 17.1 Å². The molecular formula is C13H23N3O2. The van der Waals surface area contributed by atoms with Gasteiger partial charge in [0, 0.05) is 12.6 Å². The number of rotatable bonds is 2. The normalized spacial score (nSPS) is 34.6. The van der Waals surface area contributed by atoms with Gasteiger partial charge in [0.2, 0.25) is 11.8 Å². The molecule has 0 aromatic rings. The highest BCUT2D eigenvalue weighted by Crippen LogP contribution is 2.21. The Labute approximate surface area is 108 Å². The van der Waals surface area contributed by atoms with Crippen molar-refractivity contribution >= 4 is 11.8 Å². The van der Waals surface area contributed by atoms with Crippen LogP contribution in [0.1, 0.15) is 33.6 Å². The summed E-state index contributed by atoms with van der Waals surface area (Å²) in [6.07, 6.45) is 2.11. The zero-order valence-corrected chi connectivity index (χ0v) is 11.5. The second-order valence-electron chi connectivity index (χ2n) is 5.34. The number of amides is 2. The first-order valence-corrected chi connectivity index (χ1v) is 6.89. The largest absolute Gasteiger partial charge is 0.343 e. The molecule has 0 aromatic carbocycles. The third-order valence-electron chi connectivity index (χ3n) is 4.10. The molecule has 0 aromatic heterocycles. The van der Waals surface area contributed by atoms with Crippen molar-refractivity contribution in [2.24, 2.45) is 0 Å². The molecule has 0 spiro atoms. The molecule has 3 atom stereocenters. The second-order valence-corrected chi connectivity index (χ2v) is 5.34. The molecule has 1 N–H and O–H groups in total. The minimum absolute atomic E-state index is 0.0317. The standard InChI is InChI=1S/C13H23N3O2/c1-4-15-7-5-6-11(8-15)16-10(3)12(17)14-9(2)13(16)18/h9-11H,4-8H2,1-3H3,(H,14,17). The number of likely N-dealkylation sites (N-methyl/N-ethyl adjacent to an activating group) is 1. The van der Waals surface area contributed by atoms with Crippen molar-refractivity contribution in [3.05, 3.63) is 0 Å². The zero-order valence-electron chi connectivity index (χ0n) is 11.5. The molecule has 5 heteroatoms. The van der Waals surface area contributed by atoms with Gasteiger partial charge in [0.15, 0.2) is 0 Å². The van der Waals surface area contributed by atoms with Crippen molar-refractivity contribution < 1.29 is 9.59 Å². The Hall–Kier alpha value is -1.10. The lowest BCUT2D eigenvalue weighted by Gasteiger charge is -2.45. The Morgan fingerprint density at radius 1 is 1.33 bits per heavy atom. The van der Waals surface area contributed by atoms with E-state index in [0.29, 0.717) is 0 Å². The van der Waals surface area contributed by atoms with Crippen LogP contribution < -0.4 is 5.32 Å². The van der Waals surface area contributed by atoms with E-state index in [1.165, 1.54) is 0 Å². The van der Waals surface area contributed by atoms with Gasteiger partial charge in [0.05, 0.1) is 0 Å². The molecule has 102 valence electrons. The summed E-state index contributed by atoms with van der Waals surface area (Å²) in [5.74, 6) is 0.0285. The Balaban J connectivity index is 2.13. The van der Waals surface area contributed by atoms with Crippen LogP contribution in [0.2, 0.25) is 0 Å². The van der Waals surface area contributed by atoms with E-state index < -0.39 is 0 Å². The molecule has 0 saturated carbocycles. The van der Waals surface area contributed by atoms with Crippen LogP contribution in [0.3, 0.4) is 0 Å². The summed E-state index contributed by atoms with van der Waals surface area (Å²) >= 11 is 0. The molecule has 2 heterocycles. The molecule has 2 aliphatic rings. The van der Waals surface area contributed by atoms with Crippen LogP contribution in [0.15, 0.2) is 0 Å². The van der Waals surface area contributed by atoms with Crippen LogP contribution in [-0.4, -0.2) is 59.4 Å². The van der Waals surface area contributed by atoms with Crippen molar-refractivity contribution in [2.75, 3.05) is 19.6 Å². The summed E-state index contributed by atoms with van der Waals surface area (Å²) in [6.45, 7) is 8.73. The van der Waals surface area contributed by atoms with Gasteiger partial charge < -0.3 is 15.1 Å². The van der Waals surface area contributed by atoms with Crippen LogP contribution in [-0.2, 0) is 9.59 Å². The van der Waals surface area contributed by atoms with Gasteiger partial charge in [-0.05, 0) is 39.8 Å². The topological polar surface area (TPSA) is 52.6 Å². The Bertz CT molecular complexity index is 345. The molecule has 2 amide bonds. The lowest BCUT2D eigenvalue weighted by Crippen LogP contribution is -2.66. The molecule has 5 nitrogen and oxygen atoms in total. The van der Waals surface area contributed by atoms with Crippen LogP contribution in [0.25, 0.3) is 0 Å². The van der Waals surface area contributed by atoms with Crippen molar-refractivity contribution in [2.45, 2.75) is 51.7 Å². The summed E-state index contributed by atoms with van der Waals surface area (Å²) in [6, 6.07) is -0.532. The van der Waals surface area contributed by atoms with Gasteiger partial charge in [-0.1, -0.05) is 6.92 Å². The molecule has 2 rings (SSSR count). The van der Waals surface area contributed by atoms with Crippen molar-refractivity contribution in [3.63, 3.8) is 0 Å². The highest BCUT2D eigenvalue weighted by atomic mass is 16.2. The molecule has 3 unspecified atom stereocenters. The first kappa shape index (κ1) is 13.3. The number of carbonyl (C=O) groups is 2. The van der Waals surface area contributed by atoms with E-state index in [0.717, 1.165) is 32.5 Å². The molecule has 0 bridgehead atoms. The predicted molar refractivity (Wildman–Crippen MR) is 69.0 cm³/mol. The second kappa shape index (κ2) is 5.26. The van der Waals surface area contributed by atoms with E-state index in [1.54, 1.807) is 6.92 Å². The van der Waals surface area contributed by atoms with Gasteiger partial charge in [-0.25, -0.2) is 0 Å². The molecule has 0 aliphatic carbocycles. The SMILES string of the molecule is CCN1CCCC(N2C(=O)C(C)NC(=O)C2C)C1. The van der Waals surface area contributed by atoms with E-state index >= 15 is 0 Å².